The number of carbonyl (C=O) groups is 1. The highest BCUT2D eigenvalue weighted by Crippen LogP contribution is 2.38. The molecule has 3 aromatic heterocycles. The van der Waals surface area contributed by atoms with Gasteiger partial charge >= 0.3 is 6.01 Å². The zero-order valence-electron chi connectivity index (χ0n) is 31.4. The summed E-state index contributed by atoms with van der Waals surface area (Å²) in [5.41, 5.74) is 1.17. The zero-order valence-corrected chi connectivity index (χ0v) is 32.1. The van der Waals surface area contributed by atoms with Crippen molar-refractivity contribution in [2.75, 3.05) is 51.3 Å². The first-order chi connectivity index (χ1) is 26.9. The number of fused-ring (bicyclic) bond motifs is 3. The Morgan fingerprint density at radius 1 is 1.05 bits per heavy atom. The van der Waals surface area contributed by atoms with Crippen LogP contribution in [0.25, 0.3) is 39.0 Å². The molecule has 2 aromatic carbocycles. The lowest BCUT2D eigenvalue weighted by Gasteiger charge is -2.35. The van der Waals surface area contributed by atoms with E-state index < -0.39 is 29.5 Å². The summed E-state index contributed by atoms with van der Waals surface area (Å²) in [6.07, 6.45) is 5.36. The normalized spacial score (nSPS) is 18.2. The lowest BCUT2D eigenvalue weighted by atomic mass is 10.0. The largest absolute Gasteiger partial charge is 0.467 e. The SMILES string of the molecule is CC#N.COc1nc(N2CCN(C(=O)/C(F)=C/c3cc(C)nc(C)n3)CC2)c2cnc(-c3cccc4ccc(F)c(Cl)c34)c(F)c2n1.FC1CC2CCCN2C1. The molecule has 2 atom stereocenters. The highest BCUT2D eigenvalue weighted by atomic mass is 35.5. The van der Waals surface area contributed by atoms with E-state index >= 15 is 4.39 Å². The van der Waals surface area contributed by atoms with Gasteiger partial charge in [-0.1, -0.05) is 35.9 Å². The molecular weight excluding hydrogens is 750 g/mol. The van der Waals surface area contributed by atoms with Crippen LogP contribution < -0.4 is 9.64 Å². The van der Waals surface area contributed by atoms with Crippen LogP contribution in [-0.2, 0) is 4.79 Å². The molecular formula is C40H40ClF4N9O2. The molecule has 3 aliphatic heterocycles. The molecule has 3 saturated heterocycles. The Kier molecular flexibility index (Phi) is 12.6. The zero-order chi connectivity index (χ0) is 40.1. The Bertz CT molecular complexity index is 2300. The standard InChI is InChI=1S/C31H25ClF3N7O2.C7H12FN.C2H3N/c1-16-13-19(38-17(2)37-16)14-23(34)30(43)42-11-9-41(10-12-42)29-21-15-36-27(26(35)28(21)39-31(40-29)44-3)20-6-4-5-18-7-8-22(33)25(32)24(18)20;8-6-4-7-2-1-3-9(7)5-6;1-2-3/h4-8,13-15H,9-12H2,1-3H3;6-7H,1-5H2;1H3/b23-14-;;. The number of benzene rings is 2. The highest BCUT2D eigenvalue weighted by Gasteiger charge is 2.35. The van der Waals surface area contributed by atoms with E-state index in [1.54, 1.807) is 50.2 Å². The lowest BCUT2D eigenvalue weighted by molar-refractivity contribution is -0.128. The number of carbonyl (C=O) groups excluding carboxylic acids is 1. The van der Waals surface area contributed by atoms with Crippen LogP contribution in [0, 0.1) is 36.8 Å². The monoisotopic (exact) mass is 789 g/mol. The number of piperazine rings is 1. The van der Waals surface area contributed by atoms with Gasteiger partial charge in [-0.2, -0.15) is 15.2 Å². The van der Waals surface area contributed by atoms with Crippen molar-refractivity contribution in [2.24, 2.45) is 0 Å². The summed E-state index contributed by atoms with van der Waals surface area (Å²) in [7, 11) is 1.37. The first-order valence-corrected chi connectivity index (χ1v) is 18.5. The second kappa shape index (κ2) is 17.6. The van der Waals surface area contributed by atoms with Crippen LogP contribution in [0.2, 0.25) is 5.02 Å². The van der Waals surface area contributed by atoms with Gasteiger partial charge < -0.3 is 14.5 Å². The molecule has 6 heterocycles. The average Bonchev–Trinajstić information content (AvgIpc) is 3.77. The van der Waals surface area contributed by atoms with Crippen LogP contribution in [0.4, 0.5) is 23.4 Å². The molecule has 5 aromatic rings. The number of anilines is 1. The van der Waals surface area contributed by atoms with Crippen LogP contribution in [0.3, 0.4) is 0 Å². The van der Waals surface area contributed by atoms with Gasteiger partial charge in [-0.3, -0.25) is 14.7 Å². The third-order valence-corrected chi connectivity index (χ3v) is 10.2. The molecule has 56 heavy (non-hydrogen) atoms. The molecule has 0 radical (unpaired) electrons. The van der Waals surface area contributed by atoms with Crippen molar-refractivity contribution in [2.45, 2.75) is 52.2 Å². The van der Waals surface area contributed by atoms with Crippen molar-refractivity contribution in [3.63, 3.8) is 0 Å². The fraction of sp³-hybridized carbons (Fsp3) is 0.375. The summed E-state index contributed by atoms with van der Waals surface area (Å²) < 4.78 is 63.3. The summed E-state index contributed by atoms with van der Waals surface area (Å²) in [6.45, 7) is 7.67. The number of rotatable bonds is 5. The van der Waals surface area contributed by atoms with Crippen LogP contribution in [0.5, 0.6) is 6.01 Å². The first kappa shape index (κ1) is 40.2. The van der Waals surface area contributed by atoms with E-state index in [1.807, 2.05) is 4.90 Å². The third-order valence-electron chi connectivity index (χ3n) is 9.81. The van der Waals surface area contributed by atoms with Crippen molar-refractivity contribution in [1.82, 2.24) is 34.7 Å². The van der Waals surface area contributed by atoms with Crippen molar-refractivity contribution in [3.05, 3.63) is 82.3 Å². The predicted octanol–water partition coefficient (Wildman–Crippen LogP) is 7.57. The van der Waals surface area contributed by atoms with E-state index in [1.165, 1.54) is 44.0 Å². The molecule has 11 nitrogen and oxygen atoms in total. The van der Waals surface area contributed by atoms with Gasteiger partial charge in [-0.25, -0.2) is 27.5 Å². The number of nitrogens with zero attached hydrogens (tertiary/aromatic N) is 9. The topological polar surface area (TPSA) is 124 Å². The van der Waals surface area contributed by atoms with Gasteiger partial charge in [0.25, 0.3) is 5.91 Å². The average molecular weight is 790 g/mol. The minimum absolute atomic E-state index is 0.0516. The number of amides is 1. The molecule has 0 N–H and O–H groups in total. The summed E-state index contributed by atoms with van der Waals surface area (Å²) in [6, 6.07) is 11.8. The maximum absolute atomic E-state index is 16.2. The van der Waals surface area contributed by atoms with E-state index in [0.717, 1.165) is 19.0 Å². The molecule has 292 valence electrons. The first-order valence-electron chi connectivity index (χ1n) is 18.1. The minimum Gasteiger partial charge on any atom is -0.467 e. The maximum atomic E-state index is 16.2. The molecule has 0 aliphatic carbocycles. The van der Waals surface area contributed by atoms with E-state index in [9.17, 15) is 18.0 Å². The van der Waals surface area contributed by atoms with Crippen LogP contribution >= 0.6 is 11.6 Å². The number of ether oxygens (including phenoxy) is 1. The van der Waals surface area contributed by atoms with Gasteiger partial charge in [0.1, 0.15) is 34.8 Å². The number of halogens is 5. The van der Waals surface area contributed by atoms with Gasteiger partial charge in [0, 0.05) is 74.6 Å². The third kappa shape index (κ3) is 8.66. The van der Waals surface area contributed by atoms with E-state index in [-0.39, 0.29) is 48.4 Å². The molecule has 16 heteroatoms. The number of aryl methyl sites for hydroxylation is 2. The Morgan fingerprint density at radius 3 is 2.50 bits per heavy atom. The quantitative estimate of drug-likeness (QED) is 0.130. The number of alkyl halides is 1. The van der Waals surface area contributed by atoms with Crippen molar-refractivity contribution in [3.8, 4) is 23.3 Å². The van der Waals surface area contributed by atoms with E-state index in [4.69, 9.17) is 21.6 Å². The Balaban J connectivity index is 0.000000378. The van der Waals surface area contributed by atoms with Crippen LogP contribution in [-0.4, -0.2) is 99.2 Å². The fourth-order valence-corrected chi connectivity index (χ4v) is 7.63. The van der Waals surface area contributed by atoms with Gasteiger partial charge in [0.05, 0.1) is 29.3 Å². The molecule has 0 bridgehead atoms. The number of hydrogen-bond acceptors (Lipinski definition) is 10. The number of methoxy groups -OCH3 is 1. The summed E-state index contributed by atoms with van der Waals surface area (Å²) in [4.78, 5) is 39.8. The van der Waals surface area contributed by atoms with Crippen molar-refractivity contribution in [1.29, 1.82) is 5.26 Å². The highest BCUT2D eigenvalue weighted by molar-refractivity contribution is 6.36. The lowest BCUT2D eigenvalue weighted by Crippen LogP contribution is -2.49. The van der Waals surface area contributed by atoms with Crippen molar-refractivity contribution < 1.29 is 27.1 Å². The summed E-state index contributed by atoms with van der Waals surface area (Å²) in [5, 5.41) is 8.44. The molecule has 8 rings (SSSR count). The second-order valence-corrected chi connectivity index (χ2v) is 14.0. The second-order valence-electron chi connectivity index (χ2n) is 13.6. The predicted molar refractivity (Wildman–Crippen MR) is 207 cm³/mol. The van der Waals surface area contributed by atoms with Crippen LogP contribution in [0.15, 0.2) is 48.4 Å². The summed E-state index contributed by atoms with van der Waals surface area (Å²) >= 11 is 6.29. The fourth-order valence-electron chi connectivity index (χ4n) is 7.36. The maximum Gasteiger partial charge on any atom is 0.318 e. The molecule has 2 unspecified atom stereocenters. The van der Waals surface area contributed by atoms with Crippen LogP contribution in [0.1, 0.15) is 43.4 Å². The molecule has 3 aliphatic rings. The number of pyridine rings is 1. The Hall–Kier alpha value is -5.46. The summed E-state index contributed by atoms with van der Waals surface area (Å²) in [5.74, 6) is -2.25. The molecule has 0 spiro atoms. The van der Waals surface area contributed by atoms with Gasteiger partial charge in [-0.15, -0.1) is 0 Å². The van der Waals surface area contributed by atoms with Gasteiger partial charge in [-0.05, 0) is 57.2 Å². The Labute approximate surface area is 326 Å². The van der Waals surface area contributed by atoms with Gasteiger partial charge in [0.15, 0.2) is 11.6 Å². The molecule has 1 amide bonds. The van der Waals surface area contributed by atoms with E-state index in [2.05, 4.69) is 29.8 Å². The Morgan fingerprint density at radius 2 is 1.80 bits per heavy atom. The minimum atomic E-state index is -0.933. The van der Waals surface area contributed by atoms with Gasteiger partial charge in [0.2, 0.25) is 0 Å². The number of nitriles is 1. The smallest absolute Gasteiger partial charge is 0.318 e. The van der Waals surface area contributed by atoms with Crippen molar-refractivity contribution >= 4 is 51.1 Å². The molecule has 3 fully saturated rings. The van der Waals surface area contributed by atoms with E-state index in [0.29, 0.717) is 57.3 Å². The molecule has 0 saturated carbocycles. The number of hydrogen-bond donors (Lipinski definition) is 0. The number of aromatic nitrogens is 5.